The van der Waals surface area contributed by atoms with E-state index in [1.54, 1.807) is 16.8 Å². The molecule has 9 nitrogen and oxygen atoms in total. The number of hydrogen-bond donors (Lipinski definition) is 2. The molecule has 2 aliphatic rings. The van der Waals surface area contributed by atoms with Gasteiger partial charge in [-0.2, -0.15) is 5.10 Å². The lowest BCUT2D eigenvalue weighted by atomic mass is 9.90. The van der Waals surface area contributed by atoms with Crippen LogP contribution >= 0.6 is 0 Å². The van der Waals surface area contributed by atoms with E-state index in [0.29, 0.717) is 35.3 Å². The highest BCUT2D eigenvalue weighted by Gasteiger charge is 2.24. The summed E-state index contributed by atoms with van der Waals surface area (Å²) in [4.78, 5) is 28.1. The Hall–Kier alpha value is -4.63. The van der Waals surface area contributed by atoms with Gasteiger partial charge in [0, 0.05) is 22.7 Å². The molecular weight excluding hydrogens is 566 g/mol. The van der Waals surface area contributed by atoms with Gasteiger partial charge in [-0.1, -0.05) is 50.6 Å². The van der Waals surface area contributed by atoms with E-state index < -0.39 is 0 Å². The zero-order chi connectivity index (χ0) is 31.6. The number of piperidine rings is 1. The minimum Gasteiger partial charge on any atom is -0.454 e. The maximum absolute atomic E-state index is 13.0. The number of anilines is 2. The number of amides is 2. The second-order valence-corrected chi connectivity index (χ2v) is 13.1. The first-order valence-electron chi connectivity index (χ1n) is 15.6. The Morgan fingerprint density at radius 2 is 1.60 bits per heavy atom. The third-order valence-corrected chi connectivity index (χ3v) is 8.50. The molecule has 4 aromatic rings. The number of nitrogens with one attached hydrogen (secondary N) is 2. The first kappa shape index (κ1) is 30.4. The van der Waals surface area contributed by atoms with Crippen molar-refractivity contribution in [3.05, 3.63) is 95.2 Å². The van der Waals surface area contributed by atoms with Gasteiger partial charge in [-0.15, -0.1) is 0 Å². The zero-order valence-corrected chi connectivity index (χ0v) is 26.4. The number of ether oxygens (including phenoxy) is 2. The molecule has 0 spiro atoms. The van der Waals surface area contributed by atoms with E-state index in [1.165, 1.54) is 5.56 Å². The predicted molar refractivity (Wildman–Crippen MR) is 176 cm³/mol. The second kappa shape index (κ2) is 12.8. The Morgan fingerprint density at radius 3 is 2.31 bits per heavy atom. The normalized spacial score (nSPS) is 15.2. The summed E-state index contributed by atoms with van der Waals surface area (Å²) in [6.07, 6.45) is 3.06. The van der Waals surface area contributed by atoms with E-state index in [2.05, 4.69) is 48.4 Å². The third-order valence-electron chi connectivity index (χ3n) is 8.50. The molecule has 3 heterocycles. The van der Waals surface area contributed by atoms with Gasteiger partial charge >= 0.3 is 6.03 Å². The van der Waals surface area contributed by atoms with Crippen LogP contribution in [0.5, 0.6) is 11.5 Å². The van der Waals surface area contributed by atoms with Crippen molar-refractivity contribution in [3.63, 3.8) is 0 Å². The van der Waals surface area contributed by atoms with Crippen molar-refractivity contribution in [2.24, 2.45) is 5.92 Å². The number of urea groups is 1. The van der Waals surface area contributed by atoms with E-state index >= 15 is 0 Å². The fraction of sp³-hybridized carbons (Fsp3) is 0.361. The Kier molecular flexibility index (Phi) is 8.63. The van der Waals surface area contributed by atoms with Gasteiger partial charge in [-0.05, 0) is 93.2 Å². The van der Waals surface area contributed by atoms with Crippen molar-refractivity contribution in [2.75, 3.05) is 37.1 Å². The fourth-order valence-electron chi connectivity index (χ4n) is 5.77. The zero-order valence-electron chi connectivity index (χ0n) is 26.4. The monoisotopic (exact) mass is 607 g/mol. The molecule has 45 heavy (non-hydrogen) atoms. The molecule has 1 saturated heterocycles. The van der Waals surface area contributed by atoms with Gasteiger partial charge in [0.15, 0.2) is 17.3 Å². The standard InChI is InChI=1S/C36H41N5O4/c1-24-5-12-29(13-6-24)41-34(21-33(39-41)36(2,3)4)38-35(43)37-28-10-7-25(8-11-28)19-26-15-17-40(18-16-26)22-30(42)27-9-14-31-32(20-27)45-23-44-31/h5-14,20-21,26H,15-19,22-23H2,1-4H3,(H2,37,38,43). The number of nitrogens with zero attached hydrogens (tertiary/aromatic N) is 3. The van der Waals surface area contributed by atoms with Crippen molar-refractivity contribution in [2.45, 2.75) is 52.4 Å². The lowest BCUT2D eigenvalue weighted by Gasteiger charge is -2.31. The molecule has 0 radical (unpaired) electrons. The summed E-state index contributed by atoms with van der Waals surface area (Å²) >= 11 is 0. The number of aromatic nitrogens is 2. The highest BCUT2D eigenvalue weighted by molar-refractivity contribution is 5.99. The molecule has 0 aliphatic carbocycles. The van der Waals surface area contributed by atoms with Gasteiger partial charge < -0.3 is 14.8 Å². The molecule has 1 fully saturated rings. The summed E-state index contributed by atoms with van der Waals surface area (Å²) < 4.78 is 12.5. The molecule has 0 unspecified atom stereocenters. The highest BCUT2D eigenvalue weighted by atomic mass is 16.7. The smallest absolute Gasteiger partial charge is 0.324 e. The first-order valence-corrected chi connectivity index (χ1v) is 15.6. The number of benzene rings is 3. The van der Waals surface area contributed by atoms with Crippen LogP contribution < -0.4 is 20.1 Å². The summed E-state index contributed by atoms with van der Waals surface area (Å²) in [6.45, 7) is 10.8. The molecule has 2 amide bonds. The molecule has 0 saturated carbocycles. The third kappa shape index (κ3) is 7.37. The molecule has 2 aliphatic heterocycles. The van der Waals surface area contributed by atoms with Crippen LogP contribution in [0.25, 0.3) is 5.69 Å². The number of fused-ring (bicyclic) bond motifs is 1. The summed E-state index contributed by atoms with van der Waals surface area (Å²) in [6, 6.07) is 23.1. The molecule has 0 bridgehead atoms. The molecule has 9 heteroatoms. The van der Waals surface area contributed by atoms with E-state index in [1.807, 2.05) is 55.5 Å². The summed E-state index contributed by atoms with van der Waals surface area (Å²) in [7, 11) is 0. The maximum atomic E-state index is 13.0. The summed E-state index contributed by atoms with van der Waals surface area (Å²) in [5.74, 6) is 2.61. The van der Waals surface area contributed by atoms with Crippen LogP contribution in [0.3, 0.4) is 0 Å². The Labute approximate surface area is 264 Å². The average molecular weight is 608 g/mol. The molecule has 0 atom stereocenters. The molecule has 234 valence electrons. The number of Topliss-reactive ketones (excluding diaryl/α,β-unsaturated/α-hetero) is 1. The minimum absolute atomic E-state index is 0.105. The number of ketones is 1. The lowest BCUT2D eigenvalue weighted by Crippen LogP contribution is -2.37. The van der Waals surface area contributed by atoms with Gasteiger partial charge in [0.25, 0.3) is 0 Å². The van der Waals surface area contributed by atoms with Crippen molar-refractivity contribution < 1.29 is 19.1 Å². The van der Waals surface area contributed by atoms with Gasteiger partial charge in [0.2, 0.25) is 6.79 Å². The number of carbonyl (C=O) groups excluding carboxylic acids is 2. The van der Waals surface area contributed by atoms with Crippen molar-refractivity contribution in [1.82, 2.24) is 14.7 Å². The highest BCUT2D eigenvalue weighted by Crippen LogP contribution is 2.33. The molecule has 1 aromatic heterocycles. The Balaban J connectivity index is 0.997. The first-order chi connectivity index (χ1) is 21.6. The van der Waals surface area contributed by atoms with Crippen LogP contribution in [-0.2, 0) is 11.8 Å². The second-order valence-electron chi connectivity index (χ2n) is 13.1. The van der Waals surface area contributed by atoms with Crippen LogP contribution in [0, 0.1) is 12.8 Å². The topological polar surface area (TPSA) is 97.7 Å². The number of carbonyl (C=O) groups is 2. The quantitative estimate of drug-likeness (QED) is 0.210. The Bertz CT molecular complexity index is 1660. The van der Waals surface area contributed by atoms with E-state index in [-0.39, 0.29) is 24.0 Å². The van der Waals surface area contributed by atoms with E-state index in [0.717, 1.165) is 55.0 Å². The van der Waals surface area contributed by atoms with Crippen LogP contribution in [0.2, 0.25) is 0 Å². The summed E-state index contributed by atoms with van der Waals surface area (Å²) in [5.41, 5.74) is 5.40. The molecule has 2 N–H and O–H groups in total. The molecule has 6 rings (SSSR count). The van der Waals surface area contributed by atoms with Crippen molar-refractivity contribution >= 4 is 23.3 Å². The number of likely N-dealkylation sites (tertiary alicyclic amines) is 1. The Morgan fingerprint density at radius 1 is 0.889 bits per heavy atom. The SMILES string of the molecule is Cc1ccc(-n2nc(C(C)(C)C)cc2NC(=O)Nc2ccc(CC3CCN(CC(=O)c4ccc5c(c4)OCO5)CC3)cc2)cc1. The van der Waals surface area contributed by atoms with Gasteiger partial charge in [-0.3, -0.25) is 15.0 Å². The van der Waals surface area contributed by atoms with E-state index in [4.69, 9.17) is 14.6 Å². The fourth-order valence-corrected chi connectivity index (χ4v) is 5.77. The van der Waals surface area contributed by atoms with Crippen molar-refractivity contribution in [3.8, 4) is 17.2 Å². The van der Waals surface area contributed by atoms with Crippen LogP contribution in [0.4, 0.5) is 16.3 Å². The number of aryl methyl sites for hydroxylation is 1. The number of rotatable bonds is 8. The summed E-state index contributed by atoms with van der Waals surface area (Å²) in [5, 5.41) is 10.8. The number of hydrogen-bond acceptors (Lipinski definition) is 6. The predicted octanol–water partition coefficient (Wildman–Crippen LogP) is 6.99. The lowest BCUT2D eigenvalue weighted by molar-refractivity contribution is 0.0895. The largest absolute Gasteiger partial charge is 0.454 e. The van der Waals surface area contributed by atoms with E-state index in [9.17, 15) is 9.59 Å². The van der Waals surface area contributed by atoms with Gasteiger partial charge in [0.1, 0.15) is 5.82 Å². The minimum atomic E-state index is -0.320. The maximum Gasteiger partial charge on any atom is 0.324 e. The van der Waals surface area contributed by atoms with Crippen LogP contribution in [-0.4, -0.2) is 52.9 Å². The van der Waals surface area contributed by atoms with Crippen LogP contribution in [0.15, 0.2) is 72.8 Å². The molecule has 3 aromatic carbocycles. The average Bonchev–Trinajstić information content (AvgIpc) is 3.66. The van der Waals surface area contributed by atoms with Crippen molar-refractivity contribution in [1.29, 1.82) is 0 Å². The van der Waals surface area contributed by atoms with Crippen LogP contribution in [0.1, 0.15) is 60.8 Å². The van der Waals surface area contributed by atoms with Gasteiger partial charge in [-0.25, -0.2) is 9.48 Å². The van der Waals surface area contributed by atoms with Gasteiger partial charge in [0.05, 0.1) is 17.9 Å². The molecular formula is C36H41N5O4.